The highest BCUT2D eigenvalue weighted by molar-refractivity contribution is 7.91. The molecular formula is C21H19ClN2O5S2. The molecule has 3 heterocycles. The number of esters is 1. The van der Waals surface area contributed by atoms with Crippen molar-refractivity contribution in [2.24, 2.45) is 0 Å². The van der Waals surface area contributed by atoms with Gasteiger partial charge in [0.2, 0.25) is 0 Å². The molecule has 10 heteroatoms. The van der Waals surface area contributed by atoms with E-state index in [4.69, 9.17) is 16.3 Å². The summed E-state index contributed by atoms with van der Waals surface area (Å²) in [4.78, 5) is 32.1. The highest BCUT2D eigenvalue weighted by atomic mass is 35.5. The third kappa shape index (κ3) is 4.73. The Kier molecular flexibility index (Phi) is 6.00. The molecule has 1 aliphatic rings. The van der Waals surface area contributed by atoms with Crippen LogP contribution < -0.4 is 0 Å². The monoisotopic (exact) mass is 478 g/mol. The van der Waals surface area contributed by atoms with Gasteiger partial charge in [-0.2, -0.15) is 0 Å². The van der Waals surface area contributed by atoms with E-state index in [-0.39, 0.29) is 11.5 Å². The number of halogens is 1. The molecular weight excluding hydrogens is 460 g/mol. The molecule has 0 unspecified atom stereocenters. The van der Waals surface area contributed by atoms with Crippen LogP contribution in [0.2, 0.25) is 4.34 Å². The van der Waals surface area contributed by atoms with Crippen molar-refractivity contribution in [1.29, 1.82) is 0 Å². The normalized spacial score (nSPS) is 17.5. The van der Waals surface area contributed by atoms with Gasteiger partial charge in [0.05, 0.1) is 37.5 Å². The molecule has 162 valence electrons. The van der Waals surface area contributed by atoms with Crippen LogP contribution in [0.3, 0.4) is 0 Å². The lowest BCUT2D eigenvalue weighted by Gasteiger charge is -2.23. The molecule has 31 heavy (non-hydrogen) atoms. The van der Waals surface area contributed by atoms with Gasteiger partial charge in [0, 0.05) is 18.5 Å². The topological polar surface area (TPSA) is 93.6 Å². The van der Waals surface area contributed by atoms with Gasteiger partial charge in [-0.1, -0.05) is 29.8 Å². The van der Waals surface area contributed by atoms with Gasteiger partial charge in [0.15, 0.2) is 16.4 Å². The number of hydrogen-bond acceptors (Lipinski definition) is 7. The molecule has 2 aromatic heterocycles. The number of carbonyl (C=O) groups excluding carboxylic acids is 2. The van der Waals surface area contributed by atoms with Crippen LogP contribution in [0.5, 0.6) is 0 Å². The first-order valence-electron chi connectivity index (χ1n) is 9.52. The van der Waals surface area contributed by atoms with Crippen LogP contribution in [-0.4, -0.2) is 61.4 Å². The average Bonchev–Trinajstić information content (AvgIpc) is 3.35. The van der Waals surface area contributed by atoms with Crippen LogP contribution in [0.25, 0.3) is 21.5 Å². The van der Waals surface area contributed by atoms with Crippen LogP contribution in [0.1, 0.15) is 16.8 Å². The van der Waals surface area contributed by atoms with Crippen molar-refractivity contribution in [3.63, 3.8) is 0 Å². The molecule has 1 aromatic carbocycles. The number of sulfone groups is 1. The lowest BCUT2D eigenvalue weighted by Crippen LogP contribution is -2.40. The molecule has 0 N–H and O–H groups in total. The van der Waals surface area contributed by atoms with Gasteiger partial charge in [-0.15, -0.1) is 11.3 Å². The van der Waals surface area contributed by atoms with Gasteiger partial charge in [-0.05, 0) is 30.7 Å². The standard InChI is InChI=1S/C21H19ClN2O5S2/c1-24(13-8-9-31(27,28)12-13)20(25)11-29-21(26)15-10-17(18-6-7-19(22)30-18)23-16-5-3-2-4-14(15)16/h2-7,10,13H,8-9,11-12H2,1H3/t13-/m1/s1. The molecule has 1 fully saturated rings. The largest absolute Gasteiger partial charge is 0.452 e. The fraction of sp³-hybridized carbons (Fsp3) is 0.286. The van der Waals surface area contributed by atoms with Crippen LogP contribution in [0.15, 0.2) is 42.5 Å². The van der Waals surface area contributed by atoms with Crippen molar-refractivity contribution in [2.45, 2.75) is 12.5 Å². The number of aromatic nitrogens is 1. The van der Waals surface area contributed by atoms with Crippen LogP contribution in [0, 0.1) is 0 Å². The molecule has 1 amide bonds. The zero-order valence-electron chi connectivity index (χ0n) is 16.6. The summed E-state index contributed by atoms with van der Waals surface area (Å²) in [5, 5.41) is 0.613. The minimum Gasteiger partial charge on any atom is -0.452 e. The zero-order valence-corrected chi connectivity index (χ0v) is 19.0. The van der Waals surface area contributed by atoms with E-state index in [1.807, 2.05) is 12.1 Å². The Labute approximate surface area is 188 Å². The highest BCUT2D eigenvalue weighted by Gasteiger charge is 2.33. The number of likely N-dealkylation sites (N-methyl/N-ethyl adjacent to an activating group) is 1. The summed E-state index contributed by atoms with van der Waals surface area (Å²) < 4.78 is 29.2. The van der Waals surface area contributed by atoms with E-state index in [1.54, 1.807) is 30.3 Å². The van der Waals surface area contributed by atoms with E-state index in [1.165, 1.54) is 23.3 Å². The summed E-state index contributed by atoms with van der Waals surface area (Å²) in [7, 11) is -1.59. The zero-order chi connectivity index (χ0) is 22.2. The maximum atomic E-state index is 12.9. The molecule has 1 atom stereocenters. The smallest absolute Gasteiger partial charge is 0.339 e. The van der Waals surface area contributed by atoms with E-state index in [0.717, 1.165) is 4.88 Å². The number of thiophene rings is 1. The molecule has 0 spiro atoms. The van der Waals surface area contributed by atoms with E-state index in [9.17, 15) is 18.0 Å². The van der Waals surface area contributed by atoms with Crippen molar-refractivity contribution in [3.05, 3.63) is 52.4 Å². The van der Waals surface area contributed by atoms with Gasteiger partial charge >= 0.3 is 5.97 Å². The summed E-state index contributed by atoms with van der Waals surface area (Å²) in [6.45, 7) is -0.470. The Morgan fingerprint density at radius 3 is 2.71 bits per heavy atom. The molecule has 0 radical (unpaired) electrons. The first-order valence-corrected chi connectivity index (χ1v) is 12.5. The van der Waals surface area contributed by atoms with Crippen LogP contribution >= 0.6 is 22.9 Å². The quantitative estimate of drug-likeness (QED) is 0.521. The molecule has 7 nitrogen and oxygen atoms in total. The fourth-order valence-corrected chi connectivity index (χ4v) is 6.29. The van der Waals surface area contributed by atoms with E-state index in [0.29, 0.717) is 32.9 Å². The first kappa shape index (κ1) is 21.7. The van der Waals surface area contributed by atoms with Crippen LogP contribution in [-0.2, 0) is 19.4 Å². The highest BCUT2D eigenvalue weighted by Crippen LogP contribution is 2.32. The van der Waals surface area contributed by atoms with Gasteiger partial charge < -0.3 is 9.64 Å². The number of rotatable bonds is 5. The molecule has 1 aliphatic heterocycles. The van der Waals surface area contributed by atoms with Crippen molar-refractivity contribution >= 4 is 55.6 Å². The minimum absolute atomic E-state index is 0.0631. The molecule has 3 aromatic rings. The number of carbonyl (C=O) groups is 2. The Morgan fingerprint density at radius 1 is 1.26 bits per heavy atom. The minimum atomic E-state index is -3.12. The van der Waals surface area contributed by atoms with E-state index >= 15 is 0 Å². The lowest BCUT2D eigenvalue weighted by molar-refractivity contribution is -0.134. The third-order valence-electron chi connectivity index (χ3n) is 5.24. The number of para-hydroxylation sites is 1. The second-order valence-corrected chi connectivity index (χ2v) is 11.3. The Balaban J connectivity index is 1.54. The molecule has 0 saturated carbocycles. The van der Waals surface area contributed by atoms with Crippen LogP contribution in [0.4, 0.5) is 0 Å². The molecule has 0 aliphatic carbocycles. The van der Waals surface area contributed by atoms with Crippen molar-refractivity contribution < 1.29 is 22.7 Å². The molecule has 1 saturated heterocycles. The third-order valence-corrected chi connectivity index (χ3v) is 8.24. The van der Waals surface area contributed by atoms with Gasteiger partial charge in [-0.3, -0.25) is 4.79 Å². The Morgan fingerprint density at radius 2 is 2.03 bits per heavy atom. The molecule has 4 rings (SSSR count). The number of nitrogens with zero attached hydrogens (tertiary/aromatic N) is 2. The maximum Gasteiger partial charge on any atom is 0.339 e. The maximum absolute atomic E-state index is 12.9. The SMILES string of the molecule is CN(C(=O)COC(=O)c1cc(-c2ccc(Cl)s2)nc2ccccc12)[C@@H]1CCS(=O)(=O)C1. The predicted molar refractivity (Wildman–Crippen MR) is 120 cm³/mol. The summed E-state index contributed by atoms with van der Waals surface area (Å²) in [6.07, 6.45) is 0.389. The van der Waals surface area contributed by atoms with Gasteiger partial charge in [0.1, 0.15) is 0 Å². The Bertz CT molecular complexity index is 1270. The number of benzene rings is 1. The van der Waals surface area contributed by atoms with Gasteiger partial charge in [0.25, 0.3) is 5.91 Å². The van der Waals surface area contributed by atoms with Crippen molar-refractivity contribution in [2.75, 3.05) is 25.2 Å². The summed E-state index contributed by atoms with van der Waals surface area (Å²) in [5.74, 6) is -1.10. The second kappa shape index (κ2) is 8.57. The number of amides is 1. The van der Waals surface area contributed by atoms with E-state index in [2.05, 4.69) is 4.98 Å². The number of ether oxygens (including phenoxy) is 1. The van der Waals surface area contributed by atoms with E-state index < -0.39 is 34.4 Å². The number of fused-ring (bicyclic) bond motifs is 1. The fourth-order valence-electron chi connectivity index (χ4n) is 3.51. The Hall–Kier alpha value is -2.49. The lowest BCUT2D eigenvalue weighted by atomic mass is 10.1. The number of hydrogen-bond donors (Lipinski definition) is 0. The average molecular weight is 479 g/mol. The van der Waals surface area contributed by atoms with Gasteiger partial charge in [-0.25, -0.2) is 18.2 Å². The van der Waals surface area contributed by atoms with Crippen molar-refractivity contribution in [3.8, 4) is 10.6 Å². The summed E-state index contributed by atoms with van der Waals surface area (Å²) in [6, 6.07) is 12.0. The number of pyridine rings is 1. The summed E-state index contributed by atoms with van der Waals surface area (Å²) >= 11 is 7.38. The second-order valence-electron chi connectivity index (χ2n) is 7.31. The van der Waals surface area contributed by atoms with Crippen molar-refractivity contribution in [1.82, 2.24) is 9.88 Å². The first-order chi connectivity index (χ1) is 14.7. The summed E-state index contributed by atoms with van der Waals surface area (Å²) in [5.41, 5.74) is 1.50. The predicted octanol–water partition coefficient (Wildman–Crippen LogP) is 3.42. The molecule has 0 bridgehead atoms.